The van der Waals surface area contributed by atoms with Gasteiger partial charge in [-0.3, -0.25) is 4.79 Å². The molecule has 4 heteroatoms. The highest BCUT2D eigenvalue weighted by molar-refractivity contribution is 6.03. The Morgan fingerprint density at radius 1 is 1.42 bits per heavy atom. The molecule has 1 fully saturated rings. The first-order chi connectivity index (χ1) is 9.15. The van der Waals surface area contributed by atoms with Crippen molar-refractivity contribution in [2.45, 2.75) is 26.3 Å². The Labute approximate surface area is 112 Å². The maximum Gasteiger partial charge on any atom is 0.417 e. The van der Waals surface area contributed by atoms with Crippen LogP contribution in [0.1, 0.15) is 31.9 Å². The van der Waals surface area contributed by atoms with E-state index in [-0.39, 0.29) is 18.6 Å². The van der Waals surface area contributed by atoms with Crippen molar-refractivity contribution in [2.24, 2.45) is 0 Å². The predicted molar refractivity (Wildman–Crippen MR) is 71.4 cm³/mol. The molecule has 2 rings (SSSR count). The number of ether oxygens (including phenoxy) is 1. The number of allylic oxidation sites excluding steroid dienone is 1. The number of benzene rings is 1. The van der Waals surface area contributed by atoms with Gasteiger partial charge in [-0.25, -0.2) is 9.69 Å². The van der Waals surface area contributed by atoms with E-state index in [4.69, 9.17) is 4.74 Å². The highest BCUT2D eigenvalue weighted by atomic mass is 16.6. The fourth-order valence-electron chi connectivity index (χ4n) is 2.15. The lowest BCUT2D eigenvalue weighted by Crippen LogP contribution is -2.34. The number of carbonyl (C=O) groups excluding carboxylic acids is 2. The lowest BCUT2D eigenvalue weighted by molar-refractivity contribution is -0.125. The fourth-order valence-corrected chi connectivity index (χ4v) is 2.15. The van der Waals surface area contributed by atoms with Gasteiger partial charge < -0.3 is 4.74 Å². The monoisotopic (exact) mass is 259 g/mol. The van der Waals surface area contributed by atoms with Crippen LogP contribution in [0.5, 0.6) is 0 Å². The van der Waals surface area contributed by atoms with E-state index in [9.17, 15) is 9.59 Å². The Balaban J connectivity index is 2.28. The molecule has 1 unspecified atom stereocenters. The fraction of sp³-hybridized carbons (Fsp3) is 0.333. The molecule has 1 saturated heterocycles. The van der Waals surface area contributed by atoms with Crippen LogP contribution in [-0.2, 0) is 9.53 Å². The Bertz CT molecular complexity index is 507. The van der Waals surface area contributed by atoms with Gasteiger partial charge in [-0.05, 0) is 18.9 Å². The van der Waals surface area contributed by atoms with Gasteiger partial charge in [0.15, 0.2) is 0 Å². The van der Waals surface area contributed by atoms with Gasteiger partial charge in [-0.2, -0.15) is 0 Å². The van der Waals surface area contributed by atoms with Gasteiger partial charge in [-0.15, -0.1) is 0 Å². The minimum absolute atomic E-state index is 0.216. The van der Waals surface area contributed by atoms with Crippen LogP contribution in [0, 0.1) is 0 Å². The number of carbonyl (C=O) groups is 2. The van der Waals surface area contributed by atoms with Crippen molar-refractivity contribution in [3.63, 3.8) is 0 Å². The SMILES string of the molecule is CCC=C(C)C(=O)N1C(=O)OCC1c1ccccc1. The predicted octanol–water partition coefficient (Wildman–Crippen LogP) is 3.06. The molecule has 0 bridgehead atoms. The zero-order chi connectivity index (χ0) is 13.8. The molecule has 100 valence electrons. The molecule has 0 spiro atoms. The molecule has 1 aromatic carbocycles. The molecule has 0 radical (unpaired) electrons. The molecule has 1 atom stereocenters. The van der Waals surface area contributed by atoms with Crippen molar-refractivity contribution in [2.75, 3.05) is 6.61 Å². The standard InChI is InChI=1S/C15H17NO3/c1-3-7-11(2)14(17)16-13(10-19-15(16)18)12-8-5-4-6-9-12/h4-9,13H,3,10H2,1-2H3. The first kappa shape index (κ1) is 13.3. The third-order valence-electron chi connectivity index (χ3n) is 3.12. The van der Waals surface area contributed by atoms with Crippen molar-refractivity contribution < 1.29 is 14.3 Å². The molecule has 4 nitrogen and oxygen atoms in total. The van der Waals surface area contributed by atoms with Crippen LogP contribution in [0.4, 0.5) is 4.79 Å². The Morgan fingerprint density at radius 3 is 2.74 bits per heavy atom. The summed E-state index contributed by atoms with van der Waals surface area (Å²) in [5, 5.41) is 0. The van der Waals surface area contributed by atoms with E-state index < -0.39 is 6.09 Å². The summed E-state index contributed by atoms with van der Waals surface area (Å²) in [5.41, 5.74) is 1.48. The van der Waals surface area contributed by atoms with Crippen molar-refractivity contribution in [1.82, 2.24) is 4.90 Å². The molecule has 2 amide bonds. The molecule has 1 heterocycles. The number of hydrogen-bond acceptors (Lipinski definition) is 3. The summed E-state index contributed by atoms with van der Waals surface area (Å²) in [7, 11) is 0. The second-order valence-corrected chi connectivity index (χ2v) is 4.47. The van der Waals surface area contributed by atoms with E-state index in [1.54, 1.807) is 6.92 Å². The van der Waals surface area contributed by atoms with Gasteiger partial charge in [0.25, 0.3) is 5.91 Å². The minimum Gasteiger partial charge on any atom is -0.446 e. The van der Waals surface area contributed by atoms with Crippen LogP contribution in [-0.4, -0.2) is 23.5 Å². The Morgan fingerprint density at radius 2 is 2.11 bits per heavy atom. The maximum absolute atomic E-state index is 12.3. The van der Waals surface area contributed by atoms with Crippen LogP contribution in [0.25, 0.3) is 0 Å². The van der Waals surface area contributed by atoms with Gasteiger partial charge in [0.2, 0.25) is 0 Å². The largest absolute Gasteiger partial charge is 0.446 e. The lowest BCUT2D eigenvalue weighted by Gasteiger charge is -2.20. The molecule has 0 N–H and O–H groups in total. The summed E-state index contributed by atoms with van der Waals surface area (Å²) in [5.74, 6) is -0.279. The summed E-state index contributed by atoms with van der Waals surface area (Å²) in [6.45, 7) is 3.89. The summed E-state index contributed by atoms with van der Waals surface area (Å²) in [4.78, 5) is 25.3. The summed E-state index contributed by atoms with van der Waals surface area (Å²) in [6.07, 6.45) is 2.01. The first-order valence-electron chi connectivity index (χ1n) is 6.37. The number of imide groups is 1. The highest BCUT2D eigenvalue weighted by Crippen LogP contribution is 2.28. The van der Waals surface area contributed by atoms with Gasteiger partial charge in [-0.1, -0.05) is 43.3 Å². The van der Waals surface area contributed by atoms with Gasteiger partial charge in [0, 0.05) is 5.57 Å². The molecule has 19 heavy (non-hydrogen) atoms. The van der Waals surface area contributed by atoms with Crippen LogP contribution in [0.2, 0.25) is 0 Å². The van der Waals surface area contributed by atoms with Crippen molar-refractivity contribution >= 4 is 12.0 Å². The molecule has 0 aromatic heterocycles. The van der Waals surface area contributed by atoms with Gasteiger partial charge >= 0.3 is 6.09 Å². The molecule has 0 aliphatic carbocycles. The van der Waals surface area contributed by atoms with E-state index in [1.165, 1.54) is 4.90 Å². The second kappa shape index (κ2) is 5.69. The van der Waals surface area contributed by atoms with Crippen LogP contribution < -0.4 is 0 Å². The zero-order valence-electron chi connectivity index (χ0n) is 11.1. The smallest absolute Gasteiger partial charge is 0.417 e. The van der Waals surface area contributed by atoms with E-state index in [2.05, 4.69) is 0 Å². The van der Waals surface area contributed by atoms with E-state index in [1.807, 2.05) is 43.3 Å². The molecular weight excluding hydrogens is 242 g/mol. The van der Waals surface area contributed by atoms with E-state index in [0.29, 0.717) is 5.57 Å². The van der Waals surface area contributed by atoms with Gasteiger partial charge in [0.1, 0.15) is 12.6 Å². The number of nitrogens with zero attached hydrogens (tertiary/aromatic N) is 1. The quantitative estimate of drug-likeness (QED) is 0.784. The average molecular weight is 259 g/mol. The highest BCUT2D eigenvalue weighted by Gasteiger charge is 2.39. The first-order valence-corrected chi connectivity index (χ1v) is 6.37. The molecule has 1 aliphatic rings. The van der Waals surface area contributed by atoms with Crippen LogP contribution in [0.15, 0.2) is 42.0 Å². The third kappa shape index (κ3) is 2.67. The number of amides is 2. The van der Waals surface area contributed by atoms with Crippen molar-refractivity contribution in [3.8, 4) is 0 Å². The topological polar surface area (TPSA) is 46.6 Å². The molecular formula is C15H17NO3. The normalized spacial score (nSPS) is 19.5. The van der Waals surface area contributed by atoms with E-state index >= 15 is 0 Å². The van der Waals surface area contributed by atoms with Gasteiger partial charge in [0.05, 0.1) is 0 Å². The Kier molecular flexibility index (Phi) is 4.00. The summed E-state index contributed by atoms with van der Waals surface area (Å²) in [6, 6.07) is 9.12. The minimum atomic E-state index is -0.567. The molecule has 0 saturated carbocycles. The lowest BCUT2D eigenvalue weighted by atomic mass is 10.1. The number of rotatable bonds is 3. The summed E-state index contributed by atoms with van der Waals surface area (Å²) < 4.78 is 5.02. The zero-order valence-corrected chi connectivity index (χ0v) is 11.1. The van der Waals surface area contributed by atoms with Crippen molar-refractivity contribution in [3.05, 3.63) is 47.5 Å². The van der Waals surface area contributed by atoms with Crippen LogP contribution in [0.3, 0.4) is 0 Å². The van der Waals surface area contributed by atoms with Crippen LogP contribution >= 0.6 is 0 Å². The third-order valence-corrected chi connectivity index (χ3v) is 3.12. The van der Waals surface area contributed by atoms with E-state index in [0.717, 1.165) is 12.0 Å². The second-order valence-electron chi connectivity index (χ2n) is 4.47. The number of cyclic esters (lactones) is 1. The molecule has 1 aromatic rings. The number of hydrogen-bond donors (Lipinski definition) is 0. The average Bonchev–Trinajstić information content (AvgIpc) is 2.81. The Hall–Kier alpha value is -2.10. The summed E-state index contributed by atoms with van der Waals surface area (Å²) >= 11 is 0. The maximum atomic E-state index is 12.3. The van der Waals surface area contributed by atoms with Crippen molar-refractivity contribution in [1.29, 1.82) is 0 Å². The molecule has 1 aliphatic heterocycles.